The lowest BCUT2D eigenvalue weighted by Gasteiger charge is -1.94. The van der Waals surface area contributed by atoms with E-state index >= 15 is 0 Å². The molecule has 0 aliphatic heterocycles. The molecule has 0 fully saturated rings. The van der Waals surface area contributed by atoms with Crippen molar-refractivity contribution in [2.75, 3.05) is 0 Å². The SMILES string of the molecule is NN=Cc1ccc(F)c(Cl)c1. The summed E-state index contributed by atoms with van der Waals surface area (Å²) in [6.45, 7) is 0. The molecular formula is C7H6ClFN2. The van der Waals surface area contributed by atoms with Crippen molar-refractivity contribution < 1.29 is 4.39 Å². The van der Waals surface area contributed by atoms with E-state index < -0.39 is 5.82 Å². The zero-order chi connectivity index (χ0) is 8.27. The van der Waals surface area contributed by atoms with E-state index in [0.29, 0.717) is 5.56 Å². The molecule has 0 unspecified atom stereocenters. The third kappa shape index (κ3) is 1.91. The molecule has 0 atom stereocenters. The number of rotatable bonds is 1. The molecule has 0 aliphatic carbocycles. The van der Waals surface area contributed by atoms with Crippen LogP contribution in [0.1, 0.15) is 5.56 Å². The van der Waals surface area contributed by atoms with Crippen LogP contribution in [0.2, 0.25) is 5.02 Å². The summed E-state index contributed by atoms with van der Waals surface area (Å²) in [6, 6.07) is 4.25. The van der Waals surface area contributed by atoms with Gasteiger partial charge in [-0.15, -0.1) is 0 Å². The fraction of sp³-hybridized carbons (Fsp3) is 0. The fourth-order valence-electron chi connectivity index (χ4n) is 0.679. The van der Waals surface area contributed by atoms with Gasteiger partial charge < -0.3 is 5.84 Å². The maximum absolute atomic E-state index is 12.5. The molecular weight excluding hydrogens is 167 g/mol. The van der Waals surface area contributed by atoms with Crippen molar-refractivity contribution in [2.24, 2.45) is 10.9 Å². The summed E-state index contributed by atoms with van der Waals surface area (Å²) in [7, 11) is 0. The molecule has 0 aliphatic rings. The van der Waals surface area contributed by atoms with Crippen molar-refractivity contribution in [3.8, 4) is 0 Å². The van der Waals surface area contributed by atoms with E-state index in [1.54, 1.807) is 0 Å². The predicted molar refractivity (Wildman–Crippen MR) is 43.2 cm³/mol. The highest BCUT2D eigenvalue weighted by atomic mass is 35.5. The van der Waals surface area contributed by atoms with Crippen molar-refractivity contribution in [2.45, 2.75) is 0 Å². The third-order valence-corrected chi connectivity index (χ3v) is 1.46. The largest absolute Gasteiger partial charge is 0.323 e. The van der Waals surface area contributed by atoms with E-state index in [1.807, 2.05) is 0 Å². The molecule has 1 rings (SSSR count). The zero-order valence-electron chi connectivity index (χ0n) is 5.59. The van der Waals surface area contributed by atoms with Crippen LogP contribution in [0.25, 0.3) is 0 Å². The van der Waals surface area contributed by atoms with Gasteiger partial charge in [0.2, 0.25) is 0 Å². The highest BCUT2D eigenvalue weighted by Crippen LogP contribution is 2.14. The van der Waals surface area contributed by atoms with Crippen molar-refractivity contribution in [1.29, 1.82) is 0 Å². The highest BCUT2D eigenvalue weighted by molar-refractivity contribution is 6.31. The molecule has 2 N–H and O–H groups in total. The quantitative estimate of drug-likeness (QED) is 0.391. The molecule has 0 bridgehead atoms. The van der Waals surface area contributed by atoms with Gasteiger partial charge in [-0.3, -0.25) is 0 Å². The minimum atomic E-state index is -0.444. The van der Waals surface area contributed by atoms with Crippen LogP contribution in [0.5, 0.6) is 0 Å². The topological polar surface area (TPSA) is 38.4 Å². The monoisotopic (exact) mass is 172 g/mol. The summed E-state index contributed by atoms with van der Waals surface area (Å²) in [4.78, 5) is 0. The van der Waals surface area contributed by atoms with Crippen LogP contribution in [-0.4, -0.2) is 6.21 Å². The van der Waals surface area contributed by atoms with Crippen molar-refractivity contribution in [1.82, 2.24) is 0 Å². The summed E-state index contributed by atoms with van der Waals surface area (Å²) in [5.41, 5.74) is 0.680. The van der Waals surface area contributed by atoms with E-state index in [4.69, 9.17) is 17.4 Å². The van der Waals surface area contributed by atoms with Crippen LogP contribution in [-0.2, 0) is 0 Å². The van der Waals surface area contributed by atoms with Crippen LogP contribution >= 0.6 is 11.6 Å². The second-order valence-electron chi connectivity index (χ2n) is 1.95. The predicted octanol–water partition coefficient (Wildman–Crippen LogP) is 1.77. The molecule has 0 heterocycles. The van der Waals surface area contributed by atoms with Gasteiger partial charge in [0.05, 0.1) is 11.2 Å². The number of hydrogen-bond donors (Lipinski definition) is 1. The summed E-state index contributed by atoms with van der Waals surface area (Å²) in [5.74, 6) is 4.44. The minimum absolute atomic E-state index is 0.0717. The normalized spacial score (nSPS) is 10.7. The molecule has 0 radical (unpaired) electrons. The fourth-order valence-corrected chi connectivity index (χ4v) is 0.868. The lowest BCUT2D eigenvalue weighted by Crippen LogP contribution is -1.87. The third-order valence-electron chi connectivity index (χ3n) is 1.17. The Hall–Kier alpha value is -1.09. The first-order valence-corrected chi connectivity index (χ1v) is 3.30. The summed E-state index contributed by atoms with van der Waals surface area (Å²) < 4.78 is 12.5. The molecule has 0 saturated carbocycles. The van der Waals surface area contributed by atoms with Crippen molar-refractivity contribution in [3.63, 3.8) is 0 Å². The Kier molecular flexibility index (Phi) is 2.44. The second-order valence-corrected chi connectivity index (χ2v) is 2.36. The summed E-state index contributed by atoms with van der Waals surface area (Å²) >= 11 is 5.47. The number of nitrogens with two attached hydrogens (primary N) is 1. The second kappa shape index (κ2) is 3.34. The molecule has 0 saturated heterocycles. The van der Waals surface area contributed by atoms with E-state index in [0.717, 1.165) is 0 Å². The Balaban J connectivity index is 3.05. The maximum Gasteiger partial charge on any atom is 0.141 e. The first-order valence-electron chi connectivity index (χ1n) is 2.92. The van der Waals surface area contributed by atoms with Gasteiger partial charge in [0.1, 0.15) is 5.82 Å². The van der Waals surface area contributed by atoms with Gasteiger partial charge in [-0.1, -0.05) is 17.7 Å². The van der Waals surface area contributed by atoms with Gasteiger partial charge in [-0.25, -0.2) is 4.39 Å². The Bertz CT molecular complexity index is 286. The van der Waals surface area contributed by atoms with Gasteiger partial charge in [-0.2, -0.15) is 5.10 Å². The van der Waals surface area contributed by atoms with E-state index in [2.05, 4.69) is 5.10 Å². The van der Waals surface area contributed by atoms with Crippen LogP contribution in [0, 0.1) is 5.82 Å². The smallest absolute Gasteiger partial charge is 0.141 e. The molecule has 1 aromatic rings. The van der Waals surface area contributed by atoms with Gasteiger partial charge in [-0.05, 0) is 17.7 Å². The molecule has 0 spiro atoms. The number of halogens is 2. The minimum Gasteiger partial charge on any atom is -0.323 e. The van der Waals surface area contributed by atoms with Gasteiger partial charge in [0, 0.05) is 0 Å². The van der Waals surface area contributed by atoms with E-state index in [-0.39, 0.29) is 5.02 Å². The van der Waals surface area contributed by atoms with E-state index in [1.165, 1.54) is 24.4 Å². The summed E-state index contributed by atoms with van der Waals surface area (Å²) in [6.07, 6.45) is 1.39. The zero-order valence-corrected chi connectivity index (χ0v) is 6.35. The Morgan fingerprint density at radius 3 is 2.82 bits per heavy atom. The average molecular weight is 173 g/mol. The number of nitrogens with zero attached hydrogens (tertiary/aromatic N) is 1. The Labute approximate surface area is 68.5 Å². The molecule has 0 aromatic heterocycles. The number of benzene rings is 1. The molecule has 58 valence electrons. The highest BCUT2D eigenvalue weighted by Gasteiger charge is 1.97. The molecule has 11 heavy (non-hydrogen) atoms. The van der Waals surface area contributed by atoms with Crippen LogP contribution in [0.15, 0.2) is 23.3 Å². The Morgan fingerprint density at radius 1 is 1.55 bits per heavy atom. The first-order chi connectivity index (χ1) is 5.24. The van der Waals surface area contributed by atoms with Gasteiger partial charge >= 0.3 is 0 Å². The van der Waals surface area contributed by atoms with Gasteiger partial charge in [0.25, 0.3) is 0 Å². The number of hydrazone groups is 1. The lowest BCUT2D eigenvalue weighted by atomic mass is 10.2. The first kappa shape index (κ1) is 8.01. The number of hydrogen-bond acceptors (Lipinski definition) is 2. The standard InChI is InChI=1S/C7H6ClFN2/c8-6-3-5(4-11-10)1-2-7(6)9/h1-4H,10H2. The maximum atomic E-state index is 12.5. The molecule has 4 heteroatoms. The van der Waals surface area contributed by atoms with Crippen molar-refractivity contribution in [3.05, 3.63) is 34.6 Å². The molecule has 0 amide bonds. The summed E-state index contributed by atoms with van der Waals surface area (Å²) in [5, 5.41) is 3.34. The van der Waals surface area contributed by atoms with Gasteiger partial charge in [0.15, 0.2) is 0 Å². The van der Waals surface area contributed by atoms with Crippen molar-refractivity contribution >= 4 is 17.8 Å². The van der Waals surface area contributed by atoms with Crippen LogP contribution in [0.4, 0.5) is 4.39 Å². The average Bonchev–Trinajstić information content (AvgIpc) is 1.98. The Morgan fingerprint density at radius 2 is 2.27 bits per heavy atom. The van der Waals surface area contributed by atoms with Crippen LogP contribution < -0.4 is 5.84 Å². The van der Waals surface area contributed by atoms with E-state index in [9.17, 15) is 4.39 Å². The molecule has 1 aromatic carbocycles. The van der Waals surface area contributed by atoms with Crippen LogP contribution in [0.3, 0.4) is 0 Å². The molecule has 2 nitrogen and oxygen atoms in total. The lowest BCUT2D eigenvalue weighted by molar-refractivity contribution is 0.628.